The maximum absolute atomic E-state index is 11.4. The molecule has 1 aliphatic rings. The van der Waals surface area contributed by atoms with Crippen LogP contribution in [0.15, 0.2) is 30.3 Å². The molecule has 0 radical (unpaired) electrons. The Morgan fingerprint density at radius 3 is 2.56 bits per heavy atom. The quantitative estimate of drug-likeness (QED) is 0.634. The first-order valence-electron chi connectivity index (χ1n) is 8.59. The van der Waals surface area contributed by atoms with Crippen molar-refractivity contribution in [3.05, 3.63) is 52.2 Å². The van der Waals surface area contributed by atoms with Gasteiger partial charge in [-0.3, -0.25) is 0 Å². The lowest BCUT2D eigenvalue weighted by atomic mass is 9.89. The standard InChI is InChI=1S/C21H21ClN2O/c1-13-4-6-15(7-5-13)19-16(8-11-25)14(2)20-21-17(19)12-18(22)24(21)10-9-23(20)3/h4-7,11-12H,8-10H2,1-3H3. The van der Waals surface area contributed by atoms with Crippen LogP contribution in [0.4, 0.5) is 5.69 Å². The minimum absolute atomic E-state index is 0.411. The first kappa shape index (κ1) is 16.2. The van der Waals surface area contributed by atoms with Gasteiger partial charge in [-0.1, -0.05) is 41.4 Å². The SMILES string of the molecule is Cc1ccc(-c2c(CC=O)c(C)c3c4c2cc(Cl)n4CCN3C)cc1. The van der Waals surface area contributed by atoms with Crippen LogP contribution in [0.1, 0.15) is 16.7 Å². The highest BCUT2D eigenvalue weighted by Crippen LogP contribution is 2.45. The van der Waals surface area contributed by atoms with E-state index < -0.39 is 0 Å². The summed E-state index contributed by atoms with van der Waals surface area (Å²) in [6.45, 7) is 6.01. The molecule has 0 unspecified atom stereocenters. The zero-order valence-corrected chi connectivity index (χ0v) is 15.5. The number of halogens is 1. The number of hydrogen-bond acceptors (Lipinski definition) is 2. The average Bonchev–Trinajstić information content (AvgIpc) is 2.92. The van der Waals surface area contributed by atoms with Gasteiger partial charge in [0.2, 0.25) is 0 Å². The lowest BCUT2D eigenvalue weighted by molar-refractivity contribution is -0.107. The molecule has 0 bridgehead atoms. The monoisotopic (exact) mass is 352 g/mol. The van der Waals surface area contributed by atoms with Crippen LogP contribution >= 0.6 is 11.6 Å². The Morgan fingerprint density at radius 1 is 1.16 bits per heavy atom. The lowest BCUT2D eigenvalue weighted by Crippen LogP contribution is -2.28. The summed E-state index contributed by atoms with van der Waals surface area (Å²) in [5, 5.41) is 1.90. The van der Waals surface area contributed by atoms with Crippen LogP contribution in [0.5, 0.6) is 0 Å². The number of likely N-dealkylation sites (N-methyl/N-ethyl adjacent to an activating group) is 1. The molecule has 2 aromatic carbocycles. The van der Waals surface area contributed by atoms with Gasteiger partial charge in [-0.15, -0.1) is 0 Å². The van der Waals surface area contributed by atoms with Gasteiger partial charge >= 0.3 is 0 Å². The van der Waals surface area contributed by atoms with Gasteiger partial charge in [0.1, 0.15) is 11.4 Å². The number of rotatable bonds is 3. The molecule has 3 nitrogen and oxygen atoms in total. The van der Waals surface area contributed by atoms with Crippen LogP contribution in [-0.2, 0) is 17.8 Å². The molecule has 0 amide bonds. The first-order chi connectivity index (χ1) is 12.0. The highest BCUT2D eigenvalue weighted by Gasteiger charge is 2.26. The molecule has 4 heteroatoms. The van der Waals surface area contributed by atoms with Gasteiger partial charge in [-0.25, -0.2) is 0 Å². The van der Waals surface area contributed by atoms with E-state index in [-0.39, 0.29) is 0 Å². The topological polar surface area (TPSA) is 25.2 Å². The smallest absolute Gasteiger partial charge is 0.124 e. The van der Waals surface area contributed by atoms with E-state index >= 15 is 0 Å². The highest BCUT2D eigenvalue weighted by molar-refractivity contribution is 6.31. The van der Waals surface area contributed by atoms with Gasteiger partial charge in [0.15, 0.2) is 0 Å². The Hall–Kier alpha value is -2.26. The van der Waals surface area contributed by atoms with E-state index in [9.17, 15) is 4.79 Å². The summed E-state index contributed by atoms with van der Waals surface area (Å²) in [4.78, 5) is 13.7. The normalized spacial score (nSPS) is 13.5. The fourth-order valence-corrected chi connectivity index (χ4v) is 4.35. The number of aromatic nitrogens is 1. The van der Waals surface area contributed by atoms with E-state index in [1.807, 2.05) is 0 Å². The molecule has 0 atom stereocenters. The van der Waals surface area contributed by atoms with E-state index in [1.54, 1.807) is 0 Å². The van der Waals surface area contributed by atoms with E-state index in [0.717, 1.165) is 46.6 Å². The van der Waals surface area contributed by atoms with Gasteiger partial charge < -0.3 is 14.3 Å². The van der Waals surface area contributed by atoms with Crippen molar-refractivity contribution in [2.75, 3.05) is 18.5 Å². The fourth-order valence-electron chi connectivity index (χ4n) is 4.07. The summed E-state index contributed by atoms with van der Waals surface area (Å²) < 4.78 is 2.20. The number of aryl methyl sites for hydroxylation is 1. The molecule has 128 valence electrons. The Balaban J connectivity index is 2.16. The molecule has 0 aliphatic carbocycles. The molecular weight excluding hydrogens is 332 g/mol. The predicted molar refractivity (Wildman–Crippen MR) is 105 cm³/mol. The molecule has 2 heterocycles. The van der Waals surface area contributed by atoms with Crippen LogP contribution in [0, 0.1) is 13.8 Å². The number of anilines is 1. The lowest BCUT2D eigenvalue weighted by Gasteiger charge is -2.31. The minimum Gasteiger partial charge on any atom is -0.371 e. The number of nitrogens with zero attached hydrogens (tertiary/aromatic N) is 2. The molecule has 4 rings (SSSR count). The third kappa shape index (κ3) is 2.37. The van der Waals surface area contributed by atoms with Crippen LogP contribution in [0.2, 0.25) is 5.15 Å². The number of carbonyl (C=O) groups is 1. The summed E-state index contributed by atoms with van der Waals surface area (Å²) in [6, 6.07) is 10.6. The number of hydrogen-bond donors (Lipinski definition) is 0. The third-order valence-electron chi connectivity index (χ3n) is 5.32. The third-order valence-corrected chi connectivity index (χ3v) is 5.63. The summed E-state index contributed by atoms with van der Waals surface area (Å²) in [5.41, 5.74) is 8.15. The van der Waals surface area contributed by atoms with Crippen LogP contribution in [-0.4, -0.2) is 24.4 Å². The predicted octanol–water partition coefficient (Wildman–Crippen LogP) is 4.77. The summed E-state index contributed by atoms with van der Waals surface area (Å²) in [7, 11) is 2.11. The van der Waals surface area contributed by atoms with E-state index in [1.165, 1.54) is 22.3 Å². The van der Waals surface area contributed by atoms with Crippen molar-refractivity contribution in [3.8, 4) is 11.1 Å². The Kier molecular flexibility index (Phi) is 3.84. The maximum Gasteiger partial charge on any atom is 0.124 e. The first-order valence-corrected chi connectivity index (χ1v) is 8.96. The number of carbonyl (C=O) groups excluding carboxylic acids is 1. The molecule has 1 aliphatic heterocycles. The average molecular weight is 353 g/mol. The molecule has 1 aromatic heterocycles. The molecular formula is C21H21ClN2O. The van der Waals surface area contributed by atoms with Crippen molar-refractivity contribution >= 4 is 34.5 Å². The van der Waals surface area contributed by atoms with E-state index in [0.29, 0.717) is 6.42 Å². The summed E-state index contributed by atoms with van der Waals surface area (Å²) in [6.07, 6.45) is 1.41. The number of aldehydes is 1. The Labute approximate surface area is 152 Å². The van der Waals surface area contributed by atoms with Crippen molar-refractivity contribution in [1.29, 1.82) is 0 Å². The van der Waals surface area contributed by atoms with E-state index in [2.05, 4.69) is 60.7 Å². The molecule has 0 N–H and O–H groups in total. The Morgan fingerprint density at radius 2 is 1.88 bits per heavy atom. The summed E-state index contributed by atoms with van der Waals surface area (Å²) in [5.74, 6) is 0. The minimum atomic E-state index is 0.411. The van der Waals surface area contributed by atoms with Crippen molar-refractivity contribution in [2.24, 2.45) is 0 Å². The Bertz CT molecular complexity index is 986. The second-order valence-corrected chi connectivity index (χ2v) is 7.25. The highest BCUT2D eigenvalue weighted by atomic mass is 35.5. The van der Waals surface area contributed by atoms with Gasteiger partial charge in [0.25, 0.3) is 0 Å². The zero-order valence-electron chi connectivity index (χ0n) is 14.8. The largest absolute Gasteiger partial charge is 0.371 e. The molecule has 0 saturated heterocycles. The van der Waals surface area contributed by atoms with Gasteiger partial charge in [-0.05, 0) is 42.2 Å². The van der Waals surface area contributed by atoms with Crippen LogP contribution in [0.25, 0.3) is 22.0 Å². The van der Waals surface area contributed by atoms with Crippen molar-refractivity contribution in [2.45, 2.75) is 26.8 Å². The van der Waals surface area contributed by atoms with E-state index in [4.69, 9.17) is 11.6 Å². The van der Waals surface area contributed by atoms with Crippen LogP contribution in [0.3, 0.4) is 0 Å². The van der Waals surface area contributed by atoms with Gasteiger partial charge in [0, 0.05) is 31.9 Å². The molecule has 25 heavy (non-hydrogen) atoms. The molecule has 0 saturated carbocycles. The molecule has 0 spiro atoms. The van der Waals surface area contributed by atoms with Crippen molar-refractivity contribution in [1.82, 2.24) is 4.57 Å². The number of benzene rings is 2. The second kappa shape index (κ2) is 5.92. The summed E-state index contributed by atoms with van der Waals surface area (Å²) >= 11 is 6.56. The molecule has 0 fully saturated rings. The van der Waals surface area contributed by atoms with Gasteiger partial charge in [0.05, 0.1) is 11.2 Å². The van der Waals surface area contributed by atoms with Crippen LogP contribution < -0.4 is 4.90 Å². The molecule has 3 aromatic rings. The van der Waals surface area contributed by atoms with Crippen molar-refractivity contribution < 1.29 is 4.79 Å². The maximum atomic E-state index is 11.4. The second-order valence-electron chi connectivity index (χ2n) is 6.87. The fraction of sp³-hybridized carbons (Fsp3) is 0.286. The zero-order chi connectivity index (χ0) is 17.7. The van der Waals surface area contributed by atoms with Crippen molar-refractivity contribution in [3.63, 3.8) is 0 Å². The van der Waals surface area contributed by atoms with Gasteiger partial charge in [-0.2, -0.15) is 0 Å².